The van der Waals surface area contributed by atoms with Crippen LogP contribution in [0.25, 0.3) is 0 Å². The second-order valence-electron chi connectivity index (χ2n) is 9.72. The molecular weight excluding hydrogens is 398 g/mol. The predicted molar refractivity (Wildman–Crippen MR) is 124 cm³/mol. The van der Waals surface area contributed by atoms with Crippen LogP contribution in [0.1, 0.15) is 91.6 Å². The molecule has 2 aliphatic carbocycles. The van der Waals surface area contributed by atoms with Gasteiger partial charge in [-0.15, -0.1) is 0 Å². The number of rotatable bonds is 4. The Kier molecular flexibility index (Phi) is 5.99. The molecule has 0 bridgehead atoms. The van der Waals surface area contributed by atoms with Crippen LogP contribution in [-0.2, 0) is 11.3 Å². The smallest absolute Gasteiger partial charge is 0.254 e. The summed E-state index contributed by atoms with van der Waals surface area (Å²) in [5.41, 5.74) is 2.26. The number of hydrogen-bond donors (Lipinski definition) is 1. The molecule has 2 fully saturated rings. The lowest BCUT2D eigenvalue weighted by molar-refractivity contribution is -0.128. The van der Waals surface area contributed by atoms with E-state index >= 15 is 0 Å². The Hall–Kier alpha value is -2.69. The number of pyridine rings is 1. The Balaban J connectivity index is 1.55. The third-order valence-corrected chi connectivity index (χ3v) is 7.88. The van der Waals surface area contributed by atoms with Crippen molar-refractivity contribution in [2.24, 2.45) is 0 Å². The van der Waals surface area contributed by atoms with Gasteiger partial charge in [0.2, 0.25) is 5.91 Å². The standard InChI is InChI=1S/C27H33N3O2/c31-25(29-19-20-13-17-28-18-14-20)24-22-11-5-6-12-23(22)26(32)30(21-9-3-1-4-10-21)27(24)15-7-2-8-16-27/h5-6,11-14,17-18,21,24H,1-4,7-10,15-16,19H2,(H,29,31)/t24-/m1/s1. The number of amides is 2. The van der Waals surface area contributed by atoms with Gasteiger partial charge in [0, 0.05) is 30.5 Å². The van der Waals surface area contributed by atoms with Crippen LogP contribution in [0.4, 0.5) is 0 Å². The zero-order chi connectivity index (χ0) is 22.0. The average molecular weight is 432 g/mol. The minimum absolute atomic E-state index is 0.0458. The zero-order valence-electron chi connectivity index (χ0n) is 18.8. The van der Waals surface area contributed by atoms with Crippen molar-refractivity contribution in [2.75, 3.05) is 0 Å². The molecule has 1 aromatic heterocycles. The van der Waals surface area contributed by atoms with Crippen LogP contribution < -0.4 is 5.32 Å². The summed E-state index contributed by atoms with van der Waals surface area (Å²) in [6.07, 6.45) is 14.4. The predicted octanol–water partition coefficient (Wildman–Crippen LogP) is 4.97. The van der Waals surface area contributed by atoms with Crippen molar-refractivity contribution in [3.63, 3.8) is 0 Å². The van der Waals surface area contributed by atoms with Crippen LogP contribution in [0.3, 0.4) is 0 Å². The van der Waals surface area contributed by atoms with Gasteiger partial charge < -0.3 is 10.2 Å². The van der Waals surface area contributed by atoms with Crippen molar-refractivity contribution in [3.05, 3.63) is 65.5 Å². The summed E-state index contributed by atoms with van der Waals surface area (Å²) < 4.78 is 0. The molecule has 0 saturated heterocycles. The molecule has 1 aromatic carbocycles. The van der Waals surface area contributed by atoms with Crippen molar-refractivity contribution in [2.45, 2.75) is 88.3 Å². The van der Waals surface area contributed by atoms with Gasteiger partial charge in [0.15, 0.2) is 0 Å². The maximum atomic E-state index is 13.9. The van der Waals surface area contributed by atoms with E-state index in [9.17, 15) is 9.59 Å². The first-order valence-corrected chi connectivity index (χ1v) is 12.3. The molecule has 0 unspecified atom stereocenters. The highest BCUT2D eigenvalue weighted by Gasteiger charge is 2.56. The molecule has 32 heavy (non-hydrogen) atoms. The molecule has 5 nitrogen and oxygen atoms in total. The van der Waals surface area contributed by atoms with Crippen molar-refractivity contribution in [1.29, 1.82) is 0 Å². The fourth-order valence-corrected chi connectivity index (χ4v) is 6.44. The van der Waals surface area contributed by atoms with Gasteiger partial charge in [0.25, 0.3) is 5.91 Å². The highest BCUT2D eigenvalue weighted by Crippen LogP contribution is 2.51. The third-order valence-electron chi connectivity index (χ3n) is 7.88. The van der Waals surface area contributed by atoms with E-state index in [0.29, 0.717) is 6.54 Å². The van der Waals surface area contributed by atoms with E-state index in [4.69, 9.17) is 0 Å². The molecule has 1 N–H and O–H groups in total. The van der Waals surface area contributed by atoms with Crippen LogP contribution in [-0.4, -0.2) is 33.3 Å². The number of benzene rings is 1. The van der Waals surface area contributed by atoms with Crippen LogP contribution in [0.5, 0.6) is 0 Å². The summed E-state index contributed by atoms with van der Waals surface area (Å²) in [4.78, 5) is 34.1. The van der Waals surface area contributed by atoms with E-state index in [-0.39, 0.29) is 23.8 Å². The van der Waals surface area contributed by atoms with Gasteiger partial charge in [-0.2, -0.15) is 0 Å². The largest absolute Gasteiger partial charge is 0.351 e. The Morgan fingerprint density at radius 2 is 1.66 bits per heavy atom. The Labute approximate surface area is 190 Å². The van der Waals surface area contributed by atoms with Crippen molar-refractivity contribution < 1.29 is 9.59 Å². The topological polar surface area (TPSA) is 62.3 Å². The molecule has 1 aliphatic heterocycles. The fraction of sp³-hybridized carbons (Fsp3) is 0.519. The van der Waals surface area contributed by atoms with Crippen LogP contribution in [0.2, 0.25) is 0 Å². The van der Waals surface area contributed by atoms with Crippen molar-refractivity contribution in [3.8, 4) is 0 Å². The minimum Gasteiger partial charge on any atom is -0.351 e. The highest BCUT2D eigenvalue weighted by atomic mass is 16.2. The number of nitrogens with zero attached hydrogens (tertiary/aromatic N) is 2. The van der Waals surface area contributed by atoms with Crippen molar-refractivity contribution in [1.82, 2.24) is 15.2 Å². The van der Waals surface area contributed by atoms with Gasteiger partial charge in [-0.05, 0) is 55.0 Å². The van der Waals surface area contributed by atoms with E-state index < -0.39 is 5.54 Å². The summed E-state index contributed by atoms with van der Waals surface area (Å²) >= 11 is 0. The molecule has 1 atom stereocenters. The number of carbonyl (C=O) groups excluding carboxylic acids is 2. The molecule has 5 heteroatoms. The molecule has 0 radical (unpaired) electrons. The van der Waals surface area contributed by atoms with Gasteiger partial charge in [-0.1, -0.05) is 56.7 Å². The van der Waals surface area contributed by atoms with E-state index in [1.54, 1.807) is 12.4 Å². The third kappa shape index (κ3) is 3.72. The minimum atomic E-state index is -0.409. The number of carbonyl (C=O) groups is 2. The monoisotopic (exact) mass is 431 g/mol. The first kappa shape index (κ1) is 21.2. The van der Waals surface area contributed by atoms with Gasteiger partial charge in [0.05, 0.1) is 11.5 Å². The summed E-state index contributed by atoms with van der Waals surface area (Å²) in [5, 5.41) is 3.21. The highest BCUT2D eigenvalue weighted by molar-refractivity contribution is 6.02. The molecule has 2 saturated carbocycles. The SMILES string of the molecule is O=C(NCc1ccncc1)[C@H]1c2ccccc2C(=O)N(C2CCCCC2)C12CCCCC2. The lowest BCUT2D eigenvalue weighted by atomic mass is 9.64. The number of hydrogen-bond acceptors (Lipinski definition) is 3. The number of nitrogens with one attached hydrogen (secondary N) is 1. The maximum absolute atomic E-state index is 13.9. The van der Waals surface area contributed by atoms with Crippen LogP contribution >= 0.6 is 0 Å². The van der Waals surface area contributed by atoms with E-state index in [0.717, 1.165) is 55.2 Å². The van der Waals surface area contributed by atoms with Gasteiger partial charge in [-0.3, -0.25) is 14.6 Å². The Bertz CT molecular complexity index is 962. The summed E-state index contributed by atoms with van der Waals surface area (Å²) in [5.74, 6) is -0.127. The number of fused-ring (bicyclic) bond motifs is 1. The zero-order valence-corrected chi connectivity index (χ0v) is 18.8. The lowest BCUT2D eigenvalue weighted by Gasteiger charge is -2.57. The molecular formula is C27H33N3O2. The maximum Gasteiger partial charge on any atom is 0.254 e. The van der Waals surface area contributed by atoms with E-state index in [1.807, 2.05) is 36.4 Å². The molecule has 2 aromatic rings. The molecule has 5 rings (SSSR count). The first-order valence-electron chi connectivity index (χ1n) is 12.3. The van der Waals surface area contributed by atoms with Crippen LogP contribution in [0, 0.1) is 0 Å². The molecule has 2 amide bonds. The summed E-state index contributed by atoms with van der Waals surface area (Å²) in [7, 11) is 0. The lowest BCUT2D eigenvalue weighted by Crippen LogP contribution is -2.65. The second-order valence-corrected chi connectivity index (χ2v) is 9.72. The van der Waals surface area contributed by atoms with Crippen LogP contribution in [0.15, 0.2) is 48.8 Å². The average Bonchev–Trinajstić information content (AvgIpc) is 2.85. The van der Waals surface area contributed by atoms with Crippen molar-refractivity contribution >= 4 is 11.8 Å². The molecule has 2 heterocycles. The summed E-state index contributed by atoms with van der Waals surface area (Å²) in [6.45, 7) is 0.480. The van der Waals surface area contributed by atoms with E-state index in [1.165, 1.54) is 25.7 Å². The molecule has 1 spiro atoms. The normalized spacial score (nSPS) is 23.1. The summed E-state index contributed by atoms with van der Waals surface area (Å²) in [6, 6.07) is 12.0. The quantitative estimate of drug-likeness (QED) is 0.743. The van der Waals surface area contributed by atoms with E-state index in [2.05, 4.69) is 15.2 Å². The number of aromatic nitrogens is 1. The first-order chi connectivity index (χ1) is 15.7. The van der Waals surface area contributed by atoms with Gasteiger partial charge >= 0.3 is 0 Å². The second kappa shape index (κ2) is 9.05. The fourth-order valence-electron chi connectivity index (χ4n) is 6.44. The van der Waals surface area contributed by atoms with Gasteiger partial charge in [-0.25, -0.2) is 0 Å². The molecule has 168 valence electrons. The van der Waals surface area contributed by atoms with Gasteiger partial charge in [0.1, 0.15) is 0 Å². The Morgan fingerprint density at radius 1 is 0.969 bits per heavy atom. The Morgan fingerprint density at radius 3 is 2.41 bits per heavy atom. The molecule has 3 aliphatic rings.